The monoisotopic (exact) mass is 405 g/mol. The summed E-state index contributed by atoms with van der Waals surface area (Å²) in [6.07, 6.45) is 0. The van der Waals surface area contributed by atoms with Crippen LogP contribution in [0.3, 0.4) is 0 Å². The van der Waals surface area contributed by atoms with E-state index in [1.165, 1.54) is 7.11 Å². The van der Waals surface area contributed by atoms with Gasteiger partial charge < -0.3 is 19.5 Å². The Morgan fingerprint density at radius 2 is 1.53 bits per heavy atom. The molecule has 0 aliphatic heterocycles. The molecule has 1 N–H and O–H groups in total. The van der Waals surface area contributed by atoms with Gasteiger partial charge in [0, 0.05) is 5.69 Å². The second-order valence-electron chi connectivity index (χ2n) is 6.60. The van der Waals surface area contributed by atoms with Crippen LogP contribution in [0.5, 0.6) is 11.5 Å². The molecule has 0 aromatic heterocycles. The van der Waals surface area contributed by atoms with Crippen molar-refractivity contribution in [3.05, 3.63) is 89.5 Å². The van der Waals surface area contributed by atoms with Crippen molar-refractivity contribution in [2.45, 2.75) is 13.5 Å². The van der Waals surface area contributed by atoms with Gasteiger partial charge >= 0.3 is 5.97 Å². The van der Waals surface area contributed by atoms with E-state index in [0.717, 1.165) is 11.1 Å². The number of hydrogen-bond donors (Lipinski definition) is 1. The minimum absolute atomic E-state index is 0.161. The summed E-state index contributed by atoms with van der Waals surface area (Å²) < 4.78 is 16.0. The van der Waals surface area contributed by atoms with Gasteiger partial charge in [-0.15, -0.1) is 0 Å². The van der Waals surface area contributed by atoms with Crippen molar-refractivity contribution in [3.63, 3.8) is 0 Å². The Labute approximate surface area is 175 Å². The third kappa shape index (κ3) is 5.85. The van der Waals surface area contributed by atoms with Gasteiger partial charge in [0.05, 0.1) is 12.7 Å². The van der Waals surface area contributed by atoms with E-state index >= 15 is 0 Å². The van der Waals surface area contributed by atoms with E-state index in [0.29, 0.717) is 29.4 Å². The van der Waals surface area contributed by atoms with Crippen molar-refractivity contribution in [1.82, 2.24) is 0 Å². The van der Waals surface area contributed by atoms with Gasteiger partial charge in [0.1, 0.15) is 18.1 Å². The molecule has 0 saturated heterocycles. The zero-order chi connectivity index (χ0) is 21.3. The van der Waals surface area contributed by atoms with Crippen LogP contribution in [0.1, 0.15) is 21.5 Å². The highest BCUT2D eigenvalue weighted by Crippen LogP contribution is 2.20. The molecule has 0 fully saturated rings. The highest BCUT2D eigenvalue weighted by atomic mass is 16.5. The van der Waals surface area contributed by atoms with E-state index in [1.54, 1.807) is 42.5 Å². The molecule has 0 spiro atoms. The number of carbonyl (C=O) groups excluding carboxylic acids is 2. The van der Waals surface area contributed by atoms with Gasteiger partial charge in [0.25, 0.3) is 5.91 Å². The lowest BCUT2D eigenvalue weighted by molar-refractivity contribution is -0.118. The number of nitrogens with one attached hydrogen (secondary N) is 1. The van der Waals surface area contributed by atoms with Crippen LogP contribution in [0.15, 0.2) is 72.8 Å². The molecule has 0 unspecified atom stereocenters. The van der Waals surface area contributed by atoms with E-state index in [1.807, 2.05) is 37.3 Å². The van der Waals surface area contributed by atoms with Gasteiger partial charge in [0.2, 0.25) is 0 Å². The summed E-state index contributed by atoms with van der Waals surface area (Å²) in [6, 6.07) is 21.9. The van der Waals surface area contributed by atoms with Crippen LogP contribution >= 0.6 is 0 Å². The predicted octanol–water partition coefficient (Wildman–Crippen LogP) is 4.38. The number of esters is 1. The highest BCUT2D eigenvalue weighted by Gasteiger charge is 2.11. The molecule has 0 radical (unpaired) electrons. The summed E-state index contributed by atoms with van der Waals surface area (Å²) >= 11 is 0. The maximum atomic E-state index is 12.2. The normalized spacial score (nSPS) is 10.2. The van der Waals surface area contributed by atoms with Gasteiger partial charge in [-0.3, -0.25) is 4.79 Å². The second-order valence-corrected chi connectivity index (χ2v) is 6.60. The van der Waals surface area contributed by atoms with Crippen LogP contribution in [-0.4, -0.2) is 25.6 Å². The number of hydrogen-bond acceptors (Lipinski definition) is 5. The summed E-state index contributed by atoms with van der Waals surface area (Å²) in [7, 11) is 1.31. The molecule has 3 rings (SSSR count). The Balaban J connectivity index is 1.50. The molecular weight excluding hydrogens is 382 g/mol. The van der Waals surface area contributed by atoms with Crippen molar-refractivity contribution in [1.29, 1.82) is 0 Å². The van der Waals surface area contributed by atoms with Gasteiger partial charge in [0.15, 0.2) is 6.61 Å². The average Bonchev–Trinajstić information content (AvgIpc) is 2.78. The first-order valence-electron chi connectivity index (χ1n) is 9.43. The molecule has 0 atom stereocenters. The SMILES string of the molecule is COC(=O)c1ccc(C)c(NC(=O)COc2ccc(OCc3ccccc3)cc2)c1. The number of ether oxygens (including phenoxy) is 3. The number of benzene rings is 3. The van der Waals surface area contributed by atoms with Crippen molar-refractivity contribution < 1.29 is 23.8 Å². The molecule has 1 amide bonds. The van der Waals surface area contributed by atoms with Crippen molar-refractivity contribution in [2.24, 2.45) is 0 Å². The molecule has 0 saturated carbocycles. The number of aryl methyl sites for hydroxylation is 1. The molecule has 30 heavy (non-hydrogen) atoms. The summed E-state index contributed by atoms with van der Waals surface area (Å²) in [5.41, 5.74) is 2.82. The standard InChI is InChI=1S/C24H23NO5/c1-17-8-9-19(24(27)28-2)14-22(17)25-23(26)16-30-21-12-10-20(11-13-21)29-15-18-6-4-3-5-7-18/h3-14H,15-16H2,1-2H3,(H,25,26). The largest absolute Gasteiger partial charge is 0.489 e. The lowest BCUT2D eigenvalue weighted by atomic mass is 10.1. The number of methoxy groups -OCH3 is 1. The lowest BCUT2D eigenvalue weighted by Crippen LogP contribution is -2.21. The fourth-order valence-electron chi connectivity index (χ4n) is 2.71. The molecule has 154 valence electrons. The maximum absolute atomic E-state index is 12.2. The minimum atomic E-state index is -0.462. The smallest absolute Gasteiger partial charge is 0.337 e. The fourth-order valence-corrected chi connectivity index (χ4v) is 2.71. The number of amides is 1. The molecular formula is C24H23NO5. The van der Waals surface area contributed by atoms with Crippen LogP contribution in [0, 0.1) is 6.92 Å². The van der Waals surface area contributed by atoms with Crippen LogP contribution in [0.2, 0.25) is 0 Å². The van der Waals surface area contributed by atoms with E-state index in [9.17, 15) is 9.59 Å². The van der Waals surface area contributed by atoms with E-state index in [4.69, 9.17) is 14.2 Å². The Bertz CT molecular complexity index is 1000. The molecule has 0 bridgehead atoms. The molecule has 6 nitrogen and oxygen atoms in total. The Hall–Kier alpha value is -3.80. The molecule has 6 heteroatoms. The Kier molecular flexibility index (Phi) is 7.05. The Morgan fingerprint density at radius 1 is 0.867 bits per heavy atom. The average molecular weight is 405 g/mol. The summed E-state index contributed by atoms with van der Waals surface area (Å²) in [5.74, 6) is 0.476. The topological polar surface area (TPSA) is 73.9 Å². The van der Waals surface area contributed by atoms with Gasteiger partial charge in [-0.1, -0.05) is 36.4 Å². The van der Waals surface area contributed by atoms with Gasteiger partial charge in [-0.25, -0.2) is 4.79 Å². The first kappa shape index (κ1) is 20.9. The first-order chi connectivity index (χ1) is 14.5. The maximum Gasteiger partial charge on any atom is 0.337 e. The second kappa shape index (κ2) is 10.1. The number of anilines is 1. The predicted molar refractivity (Wildman–Crippen MR) is 114 cm³/mol. The summed E-state index contributed by atoms with van der Waals surface area (Å²) in [6.45, 7) is 2.16. The van der Waals surface area contributed by atoms with Crippen molar-refractivity contribution >= 4 is 17.6 Å². The minimum Gasteiger partial charge on any atom is -0.489 e. The molecule has 0 aliphatic rings. The third-order valence-corrected chi connectivity index (χ3v) is 4.37. The highest BCUT2D eigenvalue weighted by molar-refractivity contribution is 5.95. The molecule has 3 aromatic carbocycles. The van der Waals surface area contributed by atoms with E-state index < -0.39 is 5.97 Å². The van der Waals surface area contributed by atoms with Crippen LogP contribution < -0.4 is 14.8 Å². The summed E-state index contributed by atoms with van der Waals surface area (Å²) in [5, 5.41) is 2.75. The quantitative estimate of drug-likeness (QED) is 0.563. The third-order valence-electron chi connectivity index (χ3n) is 4.37. The van der Waals surface area contributed by atoms with Crippen molar-refractivity contribution in [3.8, 4) is 11.5 Å². The molecule has 3 aromatic rings. The van der Waals surface area contributed by atoms with Crippen LogP contribution in [0.25, 0.3) is 0 Å². The first-order valence-corrected chi connectivity index (χ1v) is 9.43. The number of rotatable bonds is 8. The lowest BCUT2D eigenvalue weighted by Gasteiger charge is -2.11. The zero-order valence-corrected chi connectivity index (χ0v) is 16.9. The molecule has 0 heterocycles. The zero-order valence-electron chi connectivity index (χ0n) is 16.9. The number of carbonyl (C=O) groups is 2. The Morgan fingerprint density at radius 3 is 2.20 bits per heavy atom. The fraction of sp³-hybridized carbons (Fsp3) is 0.167. The van der Waals surface area contributed by atoms with Crippen LogP contribution in [-0.2, 0) is 16.1 Å². The molecule has 0 aliphatic carbocycles. The van der Waals surface area contributed by atoms with Crippen LogP contribution in [0.4, 0.5) is 5.69 Å². The summed E-state index contributed by atoms with van der Waals surface area (Å²) in [4.78, 5) is 23.9. The van der Waals surface area contributed by atoms with Crippen molar-refractivity contribution in [2.75, 3.05) is 19.0 Å². The van der Waals surface area contributed by atoms with Gasteiger partial charge in [-0.05, 0) is 54.4 Å². The van der Waals surface area contributed by atoms with E-state index in [-0.39, 0.29) is 12.5 Å². The van der Waals surface area contributed by atoms with Gasteiger partial charge in [-0.2, -0.15) is 0 Å². The van der Waals surface area contributed by atoms with E-state index in [2.05, 4.69) is 5.32 Å².